The monoisotopic (exact) mass is 297 g/mol. The van der Waals surface area contributed by atoms with Gasteiger partial charge in [-0.05, 0) is 38.1 Å². The summed E-state index contributed by atoms with van der Waals surface area (Å²) in [5.41, 5.74) is 0.819. The minimum absolute atomic E-state index is 0.00121. The van der Waals surface area contributed by atoms with Gasteiger partial charge >= 0.3 is 0 Å². The van der Waals surface area contributed by atoms with Crippen molar-refractivity contribution in [3.8, 4) is 0 Å². The zero-order valence-electron chi connectivity index (χ0n) is 11.3. The van der Waals surface area contributed by atoms with Gasteiger partial charge < -0.3 is 0 Å². The highest BCUT2D eigenvalue weighted by atomic mass is 35.5. The molecule has 1 aromatic carbocycles. The van der Waals surface area contributed by atoms with Crippen LogP contribution in [0.4, 0.5) is 5.69 Å². The maximum absolute atomic E-state index is 11.7. The predicted octanol–water partition coefficient (Wildman–Crippen LogP) is 3.51. The Labute approximate surface area is 122 Å². The number of amides is 1. The fraction of sp³-hybridized carbons (Fsp3) is 0.385. The van der Waals surface area contributed by atoms with Gasteiger partial charge in [-0.2, -0.15) is 0 Å². The standard InChI is InChI=1S/C13H16ClN3OS/c1-9(18)17-13(2,3)19-12(16(17)4)15-11-7-5-10(14)6-8-11/h5-8H,1-4H3. The molecule has 0 radical (unpaired) electrons. The van der Waals surface area contributed by atoms with E-state index in [4.69, 9.17) is 11.6 Å². The number of carbonyl (C=O) groups excluding carboxylic acids is 1. The Bertz CT molecular complexity index is 527. The van der Waals surface area contributed by atoms with Crippen molar-refractivity contribution >= 4 is 40.1 Å². The van der Waals surface area contributed by atoms with Gasteiger partial charge in [-0.25, -0.2) is 10.0 Å². The molecule has 0 saturated carbocycles. The highest BCUT2D eigenvalue weighted by molar-refractivity contribution is 8.15. The van der Waals surface area contributed by atoms with E-state index in [-0.39, 0.29) is 10.8 Å². The molecule has 1 aliphatic heterocycles. The molecule has 102 valence electrons. The number of aliphatic imine (C=N–C) groups is 1. The van der Waals surface area contributed by atoms with E-state index in [0.717, 1.165) is 10.9 Å². The second-order valence-corrected chi connectivity index (χ2v) is 6.78. The lowest BCUT2D eigenvalue weighted by atomic mass is 10.3. The molecular formula is C13H16ClN3OS. The van der Waals surface area contributed by atoms with Crippen LogP contribution in [0.25, 0.3) is 0 Å². The van der Waals surface area contributed by atoms with Gasteiger partial charge in [-0.15, -0.1) is 0 Å². The van der Waals surface area contributed by atoms with E-state index >= 15 is 0 Å². The van der Waals surface area contributed by atoms with Crippen molar-refractivity contribution in [3.63, 3.8) is 0 Å². The van der Waals surface area contributed by atoms with E-state index in [0.29, 0.717) is 5.02 Å². The molecule has 1 saturated heterocycles. The molecule has 0 bridgehead atoms. The molecule has 0 spiro atoms. The van der Waals surface area contributed by atoms with E-state index in [9.17, 15) is 4.79 Å². The lowest BCUT2D eigenvalue weighted by Gasteiger charge is -2.32. The first-order valence-corrected chi connectivity index (χ1v) is 7.08. The maximum atomic E-state index is 11.7. The molecule has 0 aromatic heterocycles. The predicted molar refractivity (Wildman–Crippen MR) is 80.5 cm³/mol. The normalized spacial score (nSPS) is 20.2. The van der Waals surface area contributed by atoms with E-state index in [1.165, 1.54) is 0 Å². The molecule has 0 atom stereocenters. The fourth-order valence-electron chi connectivity index (χ4n) is 2.09. The first kappa shape index (κ1) is 14.2. The Morgan fingerprint density at radius 3 is 2.37 bits per heavy atom. The third kappa shape index (κ3) is 2.87. The molecule has 1 aliphatic rings. The Kier molecular flexibility index (Phi) is 3.78. The zero-order valence-corrected chi connectivity index (χ0v) is 12.9. The van der Waals surface area contributed by atoms with Crippen molar-refractivity contribution in [2.24, 2.45) is 4.99 Å². The van der Waals surface area contributed by atoms with Crippen molar-refractivity contribution in [3.05, 3.63) is 29.3 Å². The minimum Gasteiger partial charge on any atom is -0.273 e. The number of thioether (sulfide) groups is 1. The molecule has 0 unspecified atom stereocenters. The number of hydrazine groups is 1. The summed E-state index contributed by atoms with van der Waals surface area (Å²) in [6, 6.07) is 7.31. The molecular weight excluding hydrogens is 282 g/mol. The molecule has 1 heterocycles. The summed E-state index contributed by atoms with van der Waals surface area (Å²) < 4.78 is 0. The second-order valence-electron chi connectivity index (χ2n) is 4.77. The summed E-state index contributed by atoms with van der Waals surface area (Å²) in [7, 11) is 1.85. The van der Waals surface area contributed by atoms with Crippen LogP contribution in [0, 0.1) is 0 Å². The van der Waals surface area contributed by atoms with Crippen LogP contribution >= 0.6 is 23.4 Å². The molecule has 1 amide bonds. The lowest BCUT2D eigenvalue weighted by molar-refractivity contribution is -0.142. The number of nitrogens with zero attached hydrogens (tertiary/aromatic N) is 3. The fourth-order valence-corrected chi connectivity index (χ4v) is 3.37. The van der Waals surface area contributed by atoms with Gasteiger partial charge in [0.15, 0.2) is 5.17 Å². The van der Waals surface area contributed by atoms with Gasteiger partial charge in [-0.3, -0.25) is 9.80 Å². The van der Waals surface area contributed by atoms with Crippen LogP contribution < -0.4 is 0 Å². The topological polar surface area (TPSA) is 35.9 Å². The van der Waals surface area contributed by atoms with E-state index in [1.54, 1.807) is 40.8 Å². The third-order valence-corrected chi connectivity index (χ3v) is 4.24. The van der Waals surface area contributed by atoms with Crippen LogP contribution in [0.2, 0.25) is 5.02 Å². The number of rotatable bonds is 1. The number of hydrogen-bond donors (Lipinski definition) is 0. The maximum Gasteiger partial charge on any atom is 0.239 e. The average Bonchev–Trinajstić information content (AvgIpc) is 2.52. The highest BCUT2D eigenvalue weighted by Gasteiger charge is 2.43. The third-order valence-electron chi connectivity index (χ3n) is 2.78. The summed E-state index contributed by atoms with van der Waals surface area (Å²) in [4.78, 5) is 15.9. The number of halogens is 1. The molecule has 19 heavy (non-hydrogen) atoms. The number of hydrogen-bond acceptors (Lipinski definition) is 3. The Morgan fingerprint density at radius 1 is 1.32 bits per heavy atom. The van der Waals surface area contributed by atoms with Crippen molar-refractivity contribution < 1.29 is 4.79 Å². The van der Waals surface area contributed by atoms with Crippen molar-refractivity contribution in [2.75, 3.05) is 7.05 Å². The first-order chi connectivity index (χ1) is 8.81. The van der Waals surface area contributed by atoms with Crippen LogP contribution in [0.1, 0.15) is 20.8 Å². The van der Waals surface area contributed by atoms with Gasteiger partial charge in [-0.1, -0.05) is 23.4 Å². The molecule has 0 aliphatic carbocycles. The smallest absolute Gasteiger partial charge is 0.239 e. The van der Waals surface area contributed by atoms with Gasteiger partial charge in [0.1, 0.15) is 4.87 Å². The SMILES string of the molecule is CC(=O)N1N(C)C(=Nc2ccc(Cl)cc2)SC1(C)C. The summed E-state index contributed by atoms with van der Waals surface area (Å²) in [5, 5.41) is 4.97. The van der Waals surface area contributed by atoms with Gasteiger partial charge in [0.05, 0.1) is 5.69 Å². The number of carbonyl (C=O) groups is 1. The van der Waals surface area contributed by atoms with E-state index < -0.39 is 0 Å². The molecule has 1 fully saturated rings. The van der Waals surface area contributed by atoms with Crippen molar-refractivity contribution in [2.45, 2.75) is 25.6 Å². The van der Waals surface area contributed by atoms with Crippen LogP contribution in [-0.2, 0) is 4.79 Å². The quantitative estimate of drug-likeness (QED) is 0.796. The molecule has 2 rings (SSSR count). The van der Waals surface area contributed by atoms with Crippen LogP contribution in [0.3, 0.4) is 0 Å². The van der Waals surface area contributed by atoms with Gasteiger partial charge in [0, 0.05) is 19.0 Å². The lowest BCUT2D eigenvalue weighted by Crippen LogP contribution is -2.47. The van der Waals surface area contributed by atoms with Crippen LogP contribution in [-0.4, -0.2) is 33.0 Å². The summed E-state index contributed by atoms with van der Waals surface area (Å²) in [6.07, 6.45) is 0. The largest absolute Gasteiger partial charge is 0.273 e. The first-order valence-electron chi connectivity index (χ1n) is 5.89. The van der Waals surface area contributed by atoms with E-state index in [2.05, 4.69) is 4.99 Å². The summed E-state index contributed by atoms with van der Waals surface area (Å²) in [6.45, 7) is 5.56. The highest BCUT2D eigenvalue weighted by Crippen LogP contribution is 2.40. The van der Waals surface area contributed by atoms with Crippen molar-refractivity contribution in [1.82, 2.24) is 10.0 Å². The van der Waals surface area contributed by atoms with Gasteiger partial charge in [0.25, 0.3) is 0 Å². The van der Waals surface area contributed by atoms with Gasteiger partial charge in [0.2, 0.25) is 5.91 Å². The minimum atomic E-state index is -0.328. The van der Waals surface area contributed by atoms with Crippen LogP contribution in [0.5, 0.6) is 0 Å². The van der Waals surface area contributed by atoms with E-state index in [1.807, 2.05) is 33.0 Å². The molecule has 0 N–H and O–H groups in total. The summed E-state index contributed by atoms with van der Waals surface area (Å²) in [5.74, 6) is 0.00121. The molecule has 4 nitrogen and oxygen atoms in total. The molecule has 1 aromatic rings. The number of amidine groups is 1. The molecule has 6 heteroatoms. The zero-order chi connectivity index (χ0) is 14.2. The van der Waals surface area contributed by atoms with Crippen molar-refractivity contribution in [1.29, 1.82) is 0 Å². The average molecular weight is 298 g/mol. The Morgan fingerprint density at radius 2 is 1.89 bits per heavy atom. The number of benzene rings is 1. The Balaban J connectivity index is 2.32. The second kappa shape index (κ2) is 5.06. The summed E-state index contributed by atoms with van der Waals surface area (Å²) >= 11 is 7.41. The van der Waals surface area contributed by atoms with Crippen LogP contribution in [0.15, 0.2) is 29.3 Å². The Hall–Kier alpha value is -1.20.